The van der Waals surface area contributed by atoms with Crippen LogP contribution < -0.4 is 18.9 Å². The van der Waals surface area contributed by atoms with Crippen molar-refractivity contribution in [2.45, 2.75) is 13.8 Å². The van der Waals surface area contributed by atoms with Crippen molar-refractivity contribution in [1.29, 1.82) is 0 Å². The lowest BCUT2D eigenvalue weighted by Crippen LogP contribution is -2.12. The number of hydrogen-bond donors (Lipinski definition) is 0. The first-order chi connectivity index (χ1) is 24.9. The van der Waals surface area contributed by atoms with Gasteiger partial charge < -0.3 is 18.9 Å². The van der Waals surface area contributed by atoms with Crippen molar-refractivity contribution in [3.63, 3.8) is 0 Å². The van der Waals surface area contributed by atoms with Crippen LogP contribution in [0.25, 0.3) is 12.2 Å². The van der Waals surface area contributed by atoms with Crippen LogP contribution >= 0.6 is 0 Å². The molecule has 4 rings (SSSR count). The summed E-state index contributed by atoms with van der Waals surface area (Å²) in [4.78, 5) is 48.1. The van der Waals surface area contributed by atoms with Gasteiger partial charge in [-0.05, 0) is 73.5 Å². The lowest BCUT2D eigenvalue weighted by molar-refractivity contribution is -0.131. The molecule has 0 aromatic heterocycles. The maximum absolute atomic E-state index is 12.6. The predicted molar refractivity (Wildman–Crippen MR) is 199 cm³/mol. The molecule has 256 valence electrons. The van der Waals surface area contributed by atoms with Crippen molar-refractivity contribution in [2.75, 3.05) is 0 Å². The normalized spacial score (nSPS) is 9.96. The first-order valence-corrected chi connectivity index (χ1v) is 15.6. The van der Waals surface area contributed by atoms with Gasteiger partial charge in [-0.2, -0.15) is 0 Å². The molecule has 0 saturated carbocycles. The van der Waals surface area contributed by atoms with E-state index in [2.05, 4.69) is 50.0 Å². The van der Waals surface area contributed by atoms with E-state index in [1.807, 2.05) is 48.6 Å². The topological polar surface area (TPSA) is 105 Å². The first-order valence-electron chi connectivity index (χ1n) is 15.6. The van der Waals surface area contributed by atoms with Crippen molar-refractivity contribution in [2.24, 2.45) is 0 Å². The van der Waals surface area contributed by atoms with Crippen LogP contribution in [-0.2, 0) is 19.2 Å². The number of benzene rings is 4. The van der Waals surface area contributed by atoms with Crippen LogP contribution in [0.1, 0.15) is 47.2 Å². The largest absolute Gasteiger partial charge is 0.423 e. The number of carbonyl (C=O) groups excluding carboxylic acids is 4. The van der Waals surface area contributed by atoms with E-state index in [9.17, 15) is 19.2 Å². The van der Waals surface area contributed by atoms with E-state index in [-0.39, 0.29) is 33.8 Å². The summed E-state index contributed by atoms with van der Waals surface area (Å²) in [5.74, 6) is 10.4. The molecule has 0 fully saturated rings. The smallest absolute Gasteiger partial charge is 0.338 e. The second-order valence-electron chi connectivity index (χ2n) is 11.0. The number of ether oxygens (including phenoxy) is 4. The SMILES string of the molecule is C=CC(=O)Oc1ccc(C#Cc2cc(OC(=O)C(=C)C)c(C#Cc3ccc(/C=C/c4ccc(OC(=O)C=C)cc4)cc3)cc2OC(=O)C(=C)C)cc1. The molecule has 0 amide bonds. The van der Waals surface area contributed by atoms with Gasteiger partial charge in [-0.15, -0.1) is 0 Å². The van der Waals surface area contributed by atoms with Gasteiger partial charge in [-0.25, -0.2) is 19.2 Å². The Labute approximate surface area is 302 Å². The Morgan fingerprint density at radius 1 is 0.519 bits per heavy atom. The number of hydrogen-bond acceptors (Lipinski definition) is 8. The highest BCUT2D eigenvalue weighted by molar-refractivity contribution is 5.90. The third-order valence-corrected chi connectivity index (χ3v) is 6.75. The Balaban J connectivity index is 1.65. The van der Waals surface area contributed by atoms with Gasteiger partial charge in [0.05, 0.1) is 11.1 Å². The Kier molecular flexibility index (Phi) is 12.8. The molecule has 0 saturated heterocycles. The second-order valence-corrected chi connectivity index (χ2v) is 11.0. The van der Waals surface area contributed by atoms with Crippen LogP contribution in [0.5, 0.6) is 23.0 Å². The molecule has 52 heavy (non-hydrogen) atoms. The highest BCUT2D eigenvalue weighted by atomic mass is 16.5. The molecule has 8 nitrogen and oxygen atoms in total. The minimum absolute atomic E-state index is 0.0730. The van der Waals surface area contributed by atoms with E-state index in [4.69, 9.17) is 18.9 Å². The fourth-order valence-corrected chi connectivity index (χ4v) is 4.02. The Morgan fingerprint density at radius 3 is 1.23 bits per heavy atom. The fraction of sp³-hybridized carbons (Fsp3) is 0.0455. The van der Waals surface area contributed by atoms with E-state index in [1.165, 1.54) is 26.0 Å². The molecule has 0 atom stereocenters. The van der Waals surface area contributed by atoms with Gasteiger partial charge in [0.25, 0.3) is 0 Å². The zero-order valence-electron chi connectivity index (χ0n) is 28.5. The van der Waals surface area contributed by atoms with Crippen molar-refractivity contribution in [1.82, 2.24) is 0 Å². The first kappa shape index (κ1) is 37.4. The van der Waals surface area contributed by atoms with E-state index in [0.717, 1.165) is 23.3 Å². The summed E-state index contributed by atoms with van der Waals surface area (Å²) in [6, 6.07) is 23.8. The quantitative estimate of drug-likeness (QED) is 0.0547. The van der Waals surface area contributed by atoms with Crippen LogP contribution in [0.2, 0.25) is 0 Å². The summed E-state index contributed by atoms with van der Waals surface area (Å²) in [5.41, 5.74) is 3.84. The van der Waals surface area contributed by atoms with Crippen molar-refractivity contribution < 1.29 is 38.1 Å². The van der Waals surface area contributed by atoms with Crippen molar-refractivity contribution in [3.05, 3.63) is 168 Å². The molecular weight excluding hydrogens is 656 g/mol. The van der Waals surface area contributed by atoms with Gasteiger partial charge in [0.2, 0.25) is 0 Å². The summed E-state index contributed by atoms with van der Waals surface area (Å²) in [5, 5.41) is 0. The van der Waals surface area contributed by atoms with Gasteiger partial charge in [-0.3, -0.25) is 0 Å². The molecular formula is C44H32O8. The van der Waals surface area contributed by atoms with E-state index < -0.39 is 23.9 Å². The van der Waals surface area contributed by atoms with E-state index in [0.29, 0.717) is 22.6 Å². The summed E-state index contributed by atoms with van der Waals surface area (Å²) >= 11 is 0. The lowest BCUT2D eigenvalue weighted by atomic mass is 10.1. The molecule has 0 N–H and O–H groups in total. The predicted octanol–water partition coefficient (Wildman–Crippen LogP) is 7.80. The summed E-state index contributed by atoms with van der Waals surface area (Å²) in [7, 11) is 0. The molecule has 0 spiro atoms. The third-order valence-electron chi connectivity index (χ3n) is 6.75. The number of esters is 4. The third kappa shape index (κ3) is 11.1. The highest BCUT2D eigenvalue weighted by Gasteiger charge is 2.17. The fourth-order valence-electron chi connectivity index (χ4n) is 4.02. The monoisotopic (exact) mass is 688 g/mol. The van der Waals surface area contributed by atoms with Gasteiger partial charge >= 0.3 is 23.9 Å². The van der Waals surface area contributed by atoms with Gasteiger partial charge in [0.15, 0.2) is 0 Å². The maximum Gasteiger partial charge on any atom is 0.338 e. The van der Waals surface area contributed by atoms with Gasteiger partial charge in [-0.1, -0.05) is 86.4 Å². The minimum Gasteiger partial charge on any atom is -0.423 e. The zero-order valence-corrected chi connectivity index (χ0v) is 28.5. The average molecular weight is 689 g/mol. The van der Waals surface area contributed by atoms with Crippen LogP contribution in [0.15, 0.2) is 135 Å². The molecule has 0 radical (unpaired) electrons. The molecule has 4 aromatic carbocycles. The summed E-state index contributed by atoms with van der Waals surface area (Å²) in [6.45, 7) is 17.1. The number of carbonyl (C=O) groups is 4. The molecule has 0 aliphatic heterocycles. The van der Waals surface area contributed by atoms with E-state index >= 15 is 0 Å². The number of rotatable bonds is 10. The van der Waals surface area contributed by atoms with Crippen molar-refractivity contribution in [3.8, 4) is 46.7 Å². The summed E-state index contributed by atoms with van der Waals surface area (Å²) in [6.07, 6.45) is 5.99. The van der Waals surface area contributed by atoms with Crippen LogP contribution in [0, 0.1) is 23.7 Å². The minimum atomic E-state index is -0.683. The Bertz CT molecular complexity index is 2230. The van der Waals surface area contributed by atoms with Gasteiger partial charge in [0.1, 0.15) is 23.0 Å². The average Bonchev–Trinajstić information content (AvgIpc) is 3.14. The lowest BCUT2D eigenvalue weighted by Gasteiger charge is -2.12. The Hall–Kier alpha value is -7.42. The van der Waals surface area contributed by atoms with E-state index in [1.54, 1.807) is 36.4 Å². The maximum atomic E-state index is 12.6. The molecule has 8 heteroatoms. The molecule has 0 aliphatic carbocycles. The zero-order chi connectivity index (χ0) is 37.6. The van der Waals surface area contributed by atoms with Crippen molar-refractivity contribution >= 4 is 36.0 Å². The molecule has 0 heterocycles. The van der Waals surface area contributed by atoms with Crippen LogP contribution in [0.4, 0.5) is 0 Å². The van der Waals surface area contributed by atoms with Crippen LogP contribution in [-0.4, -0.2) is 23.9 Å². The van der Waals surface area contributed by atoms with Gasteiger partial charge in [0, 0.05) is 46.6 Å². The molecule has 0 unspecified atom stereocenters. The highest BCUT2D eigenvalue weighted by Crippen LogP contribution is 2.30. The molecule has 0 aliphatic rings. The second kappa shape index (κ2) is 17.8. The molecule has 0 bridgehead atoms. The Morgan fingerprint density at radius 2 is 0.865 bits per heavy atom. The molecule has 4 aromatic rings. The standard InChI is InChI=1S/C44H32O8/c1-7-41(45)49-37-23-17-33(18-24-37)14-11-31-9-12-32(13-10-31)15-21-35-27-40(52-44(48)30(5)6)36(28-39(35)51-43(47)29(3)4)22-16-34-19-25-38(26-20-34)50-42(46)8-2/h7-14,17-20,23-28H,1-3,5H2,4,6H3/b14-11+. The summed E-state index contributed by atoms with van der Waals surface area (Å²) < 4.78 is 21.4. The van der Waals surface area contributed by atoms with Crippen LogP contribution in [0.3, 0.4) is 0 Å².